The molecule has 2 aliphatic rings. The van der Waals surface area contributed by atoms with E-state index in [0.717, 1.165) is 32.7 Å². The van der Waals surface area contributed by atoms with E-state index < -0.39 is 0 Å². The SMILES string of the molecule is CN1CCN(CC(O)C2CCCCC2)CC1. The summed E-state index contributed by atoms with van der Waals surface area (Å²) < 4.78 is 0. The van der Waals surface area contributed by atoms with Gasteiger partial charge >= 0.3 is 0 Å². The van der Waals surface area contributed by atoms with Crippen molar-refractivity contribution in [3.63, 3.8) is 0 Å². The van der Waals surface area contributed by atoms with E-state index in [2.05, 4.69) is 16.8 Å². The Morgan fingerprint density at radius 1 is 1.06 bits per heavy atom. The number of β-amino-alcohol motifs (C(OH)–C–C–N with tert-alkyl or cyclic N) is 1. The van der Waals surface area contributed by atoms with E-state index in [0.29, 0.717) is 5.92 Å². The summed E-state index contributed by atoms with van der Waals surface area (Å²) in [7, 11) is 2.18. The smallest absolute Gasteiger partial charge is 0.0695 e. The van der Waals surface area contributed by atoms with Crippen LogP contribution in [0, 0.1) is 5.92 Å². The molecular weight excluding hydrogens is 200 g/mol. The third-order valence-electron chi connectivity index (χ3n) is 4.24. The fourth-order valence-electron chi connectivity index (χ4n) is 2.96. The van der Waals surface area contributed by atoms with Gasteiger partial charge in [0.1, 0.15) is 0 Å². The molecule has 2 rings (SSSR count). The van der Waals surface area contributed by atoms with E-state index in [1.165, 1.54) is 32.1 Å². The zero-order valence-corrected chi connectivity index (χ0v) is 10.6. The average Bonchev–Trinajstić information content (AvgIpc) is 2.33. The molecule has 1 heterocycles. The van der Waals surface area contributed by atoms with Crippen molar-refractivity contribution in [1.29, 1.82) is 0 Å². The van der Waals surface area contributed by atoms with Crippen molar-refractivity contribution in [1.82, 2.24) is 9.80 Å². The van der Waals surface area contributed by atoms with Gasteiger partial charge in [0, 0.05) is 32.7 Å². The molecule has 0 amide bonds. The van der Waals surface area contributed by atoms with E-state index in [1.807, 2.05) is 0 Å². The molecule has 3 heteroatoms. The lowest BCUT2D eigenvalue weighted by molar-refractivity contribution is 0.0329. The Kier molecular flexibility index (Phi) is 4.62. The average molecular weight is 226 g/mol. The van der Waals surface area contributed by atoms with E-state index in [1.54, 1.807) is 0 Å². The number of hydrogen-bond acceptors (Lipinski definition) is 3. The van der Waals surface area contributed by atoms with Gasteiger partial charge in [0.2, 0.25) is 0 Å². The fourth-order valence-corrected chi connectivity index (χ4v) is 2.96. The van der Waals surface area contributed by atoms with Crippen molar-refractivity contribution in [3.8, 4) is 0 Å². The van der Waals surface area contributed by atoms with Crippen molar-refractivity contribution >= 4 is 0 Å². The van der Waals surface area contributed by atoms with E-state index >= 15 is 0 Å². The standard InChI is InChI=1S/C13H26N2O/c1-14-7-9-15(10-8-14)11-13(16)12-5-3-2-4-6-12/h12-13,16H,2-11H2,1H3. The van der Waals surface area contributed by atoms with E-state index in [4.69, 9.17) is 0 Å². The van der Waals surface area contributed by atoms with Gasteiger partial charge in [-0.15, -0.1) is 0 Å². The van der Waals surface area contributed by atoms with Crippen LogP contribution < -0.4 is 0 Å². The molecule has 0 spiro atoms. The molecule has 0 aromatic heterocycles. The second kappa shape index (κ2) is 5.99. The predicted molar refractivity (Wildman–Crippen MR) is 66.5 cm³/mol. The number of likely N-dealkylation sites (N-methyl/N-ethyl adjacent to an activating group) is 1. The Morgan fingerprint density at radius 3 is 2.31 bits per heavy atom. The summed E-state index contributed by atoms with van der Waals surface area (Å²) in [5.74, 6) is 0.577. The second-order valence-corrected chi connectivity index (χ2v) is 5.57. The summed E-state index contributed by atoms with van der Waals surface area (Å²) >= 11 is 0. The van der Waals surface area contributed by atoms with Gasteiger partial charge in [-0.05, 0) is 25.8 Å². The van der Waals surface area contributed by atoms with Gasteiger partial charge < -0.3 is 10.0 Å². The van der Waals surface area contributed by atoms with Crippen molar-refractivity contribution in [3.05, 3.63) is 0 Å². The Hall–Kier alpha value is -0.120. The van der Waals surface area contributed by atoms with Crippen LogP contribution in [0.4, 0.5) is 0 Å². The first-order valence-corrected chi connectivity index (χ1v) is 6.84. The highest BCUT2D eigenvalue weighted by atomic mass is 16.3. The van der Waals surface area contributed by atoms with Crippen LogP contribution >= 0.6 is 0 Å². The normalized spacial score (nSPS) is 28.1. The fraction of sp³-hybridized carbons (Fsp3) is 1.00. The lowest BCUT2D eigenvalue weighted by Crippen LogP contribution is -2.48. The van der Waals surface area contributed by atoms with E-state index in [9.17, 15) is 5.11 Å². The highest BCUT2D eigenvalue weighted by molar-refractivity contribution is 4.78. The third-order valence-corrected chi connectivity index (χ3v) is 4.24. The topological polar surface area (TPSA) is 26.7 Å². The summed E-state index contributed by atoms with van der Waals surface area (Å²) in [6, 6.07) is 0. The number of aliphatic hydroxyl groups is 1. The zero-order chi connectivity index (χ0) is 11.4. The van der Waals surface area contributed by atoms with Crippen LogP contribution in [0.5, 0.6) is 0 Å². The molecule has 3 nitrogen and oxygen atoms in total. The lowest BCUT2D eigenvalue weighted by atomic mass is 9.85. The van der Waals surface area contributed by atoms with Gasteiger partial charge in [-0.3, -0.25) is 4.90 Å². The van der Waals surface area contributed by atoms with Crippen molar-refractivity contribution in [2.24, 2.45) is 5.92 Å². The zero-order valence-electron chi connectivity index (χ0n) is 10.6. The van der Waals surface area contributed by atoms with Crippen LogP contribution in [-0.2, 0) is 0 Å². The van der Waals surface area contributed by atoms with Crippen LogP contribution in [-0.4, -0.2) is 60.8 Å². The Balaban J connectivity index is 1.71. The van der Waals surface area contributed by atoms with Crippen LogP contribution in [0.15, 0.2) is 0 Å². The summed E-state index contributed by atoms with van der Waals surface area (Å²) in [4.78, 5) is 4.79. The molecule has 1 unspecified atom stereocenters. The molecule has 16 heavy (non-hydrogen) atoms. The summed E-state index contributed by atoms with van der Waals surface area (Å²) in [6.45, 7) is 5.45. The predicted octanol–water partition coefficient (Wildman–Crippen LogP) is 1.17. The molecule has 1 atom stereocenters. The molecule has 2 fully saturated rings. The van der Waals surface area contributed by atoms with E-state index in [-0.39, 0.29) is 6.10 Å². The molecular formula is C13H26N2O. The van der Waals surface area contributed by atoms with Crippen molar-refractivity contribution in [2.75, 3.05) is 39.8 Å². The highest BCUT2D eigenvalue weighted by Crippen LogP contribution is 2.26. The lowest BCUT2D eigenvalue weighted by Gasteiger charge is -2.36. The molecule has 0 aromatic carbocycles. The first kappa shape index (κ1) is 12.3. The molecule has 0 bridgehead atoms. The second-order valence-electron chi connectivity index (χ2n) is 5.57. The number of piperazine rings is 1. The van der Waals surface area contributed by atoms with Gasteiger partial charge in [0.25, 0.3) is 0 Å². The maximum Gasteiger partial charge on any atom is 0.0695 e. The third kappa shape index (κ3) is 3.44. The Labute approximate surface area is 99.4 Å². The molecule has 1 aliphatic heterocycles. The maximum absolute atomic E-state index is 10.2. The molecule has 1 saturated heterocycles. The van der Waals surface area contributed by atoms with Crippen molar-refractivity contribution < 1.29 is 5.11 Å². The Morgan fingerprint density at radius 2 is 1.69 bits per heavy atom. The minimum absolute atomic E-state index is 0.0799. The highest BCUT2D eigenvalue weighted by Gasteiger charge is 2.24. The van der Waals surface area contributed by atoms with Crippen LogP contribution in [0.3, 0.4) is 0 Å². The molecule has 94 valence electrons. The van der Waals surface area contributed by atoms with Crippen molar-refractivity contribution in [2.45, 2.75) is 38.2 Å². The summed E-state index contributed by atoms with van der Waals surface area (Å²) in [6.07, 6.45) is 6.43. The number of rotatable bonds is 3. The summed E-state index contributed by atoms with van der Waals surface area (Å²) in [5.41, 5.74) is 0. The van der Waals surface area contributed by atoms with Gasteiger partial charge in [0.05, 0.1) is 6.10 Å². The van der Waals surface area contributed by atoms with Crippen LogP contribution in [0.25, 0.3) is 0 Å². The number of aliphatic hydroxyl groups excluding tert-OH is 1. The minimum Gasteiger partial charge on any atom is -0.392 e. The largest absolute Gasteiger partial charge is 0.392 e. The first-order valence-electron chi connectivity index (χ1n) is 6.84. The van der Waals surface area contributed by atoms with Gasteiger partial charge in [-0.2, -0.15) is 0 Å². The molecule has 1 aliphatic carbocycles. The molecule has 0 aromatic rings. The number of hydrogen-bond donors (Lipinski definition) is 1. The van der Waals surface area contributed by atoms with Gasteiger partial charge in [-0.1, -0.05) is 19.3 Å². The quantitative estimate of drug-likeness (QED) is 0.783. The molecule has 1 saturated carbocycles. The van der Waals surface area contributed by atoms with Crippen LogP contribution in [0.2, 0.25) is 0 Å². The summed E-state index contributed by atoms with van der Waals surface area (Å²) in [5, 5.41) is 10.2. The molecule has 1 N–H and O–H groups in total. The maximum atomic E-state index is 10.2. The minimum atomic E-state index is -0.0799. The molecule has 0 radical (unpaired) electrons. The monoisotopic (exact) mass is 226 g/mol. The van der Waals surface area contributed by atoms with Gasteiger partial charge in [0.15, 0.2) is 0 Å². The first-order chi connectivity index (χ1) is 7.75. The van der Waals surface area contributed by atoms with Gasteiger partial charge in [-0.25, -0.2) is 0 Å². The number of nitrogens with zero attached hydrogens (tertiary/aromatic N) is 2. The Bertz CT molecular complexity index is 196. The van der Waals surface area contributed by atoms with Crippen LogP contribution in [0.1, 0.15) is 32.1 Å².